The summed E-state index contributed by atoms with van der Waals surface area (Å²) in [5, 5.41) is 3.34. The lowest BCUT2D eigenvalue weighted by atomic mass is 10.0. The fourth-order valence-corrected chi connectivity index (χ4v) is 2.44. The fourth-order valence-electron chi connectivity index (χ4n) is 2.44. The molecule has 1 aromatic rings. The van der Waals surface area contributed by atoms with Gasteiger partial charge in [-0.3, -0.25) is 4.79 Å². The predicted molar refractivity (Wildman–Crippen MR) is 74.8 cm³/mol. The van der Waals surface area contributed by atoms with Crippen LogP contribution in [-0.2, 0) is 4.79 Å². The number of benzene rings is 1. The highest BCUT2D eigenvalue weighted by Gasteiger charge is 2.28. The van der Waals surface area contributed by atoms with E-state index in [-0.39, 0.29) is 11.9 Å². The molecule has 3 nitrogen and oxygen atoms in total. The van der Waals surface area contributed by atoms with Crippen molar-refractivity contribution in [2.75, 3.05) is 18.0 Å². The zero-order chi connectivity index (χ0) is 13.0. The zero-order valence-electron chi connectivity index (χ0n) is 11.3. The van der Waals surface area contributed by atoms with E-state index in [1.54, 1.807) is 0 Å². The number of piperidine rings is 1. The second kappa shape index (κ2) is 6.01. The molecule has 1 aliphatic heterocycles. The number of amides is 1. The van der Waals surface area contributed by atoms with Gasteiger partial charge >= 0.3 is 0 Å². The van der Waals surface area contributed by atoms with E-state index in [1.807, 2.05) is 17.0 Å². The lowest BCUT2D eigenvalue weighted by Gasteiger charge is -2.33. The molecule has 2 rings (SSSR count). The monoisotopic (exact) mass is 246 g/mol. The van der Waals surface area contributed by atoms with E-state index in [1.165, 1.54) is 5.56 Å². The van der Waals surface area contributed by atoms with Gasteiger partial charge < -0.3 is 10.2 Å². The molecule has 3 heteroatoms. The molecule has 0 aromatic heterocycles. The Kier molecular flexibility index (Phi) is 4.37. The molecular weight excluding hydrogens is 224 g/mol. The second-order valence-corrected chi connectivity index (χ2v) is 4.98. The lowest BCUT2D eigenvalue weighted by Crippen LogP contribution is -2.51. The molecule has 1 aromatic carbocycles. The van der Waals surface area contributed by atoms with Crippen LogP contribution in [0.5, 0.6) is 0 Å². The van der Waals surface area contributed by atoms with E-state index in [0.717, 1.165) is 38.0 Å². The summed E-state index contributed by atoms with van der Waals surface area (Å²) in [6, 6.07) is 8.18. The second-order valence-electron chi connectivity index (χ2n) is 4.98. The Hall–Kier alpha value is -1.35. The maximum Gasteiger partial charge on any atom is 0.244 e. The first-order chi connectivity index (χ1) is 8.72. The minimum Gasteiger partial charge on any atom is -0.311 e. The van der Waals surface area contributed by atoms with Crippen LogP contribution >= 0.6 is 0 Å². The van der Waals surface area contributed by atoms with Crippen LogP contribution in [0.4, 0.5) is 5.69 Å². The molecule has 98 valence electrons. The lowest BCUT2D eigenvalue weighted by molar-refractivity contribution is -0.121. The standard InChI is InChI=1S/C15H22N2O/c1-3-9-16-14-8-5-10-17(15(14)18)13-7-4-6-12(2)11-13/h4,6-7,11,14,16H,3,5,8-10H2,1-2H3. The van der Waals surface area contributed by atoms with Gasteiger partial charge in [0.2, 0.25) is 5.91 Å². The summed E-state index contributed by atoms with van der Waals surface area (Å²) < 4.78 is 0. The van der Waals surface area contributed by atoms with Gasteiger partial charge in [-0.2, -0.15) is 0 Å². The SMILES string of the molecule is CCCNC1CCCN(c2cccc(C)c2)C1=O. The van der Waals surface area contributed by atoms with Crippen LogP contribution in [0.2, 0.25) is 0 Å². The average Bonchev–Trinajstić information content (AvgIpc) is 2.37. The number of nitrogens with zero attached hydrogens (tertiary/aromatic N) is 1. The van der Waals surface area contributed by atoms with Crippen molar-refractivity contribution < 1.29 is 4.79 Å². The van der Waals surface area contributed by atoms with Gasteiger partial charge in [0, 0.05) is 12.2 Å². The minimum atomic E-state index is -0.000729. The summed E-state index contributed by atoms with van der Waals surface area (Å²) in [5.74, 6) is 0.223. The van der Waals surface area contributed by atoms with Crippen molar-refractivity contribution in [2.45, 2.75) is 39.2 Å². The molecule has 0 radical (unpaired) electrons. The van der Waals surface area contributed by atoms with Crippen LogP contribution in [0.1, 0.15) is 31.7 Å². The molecule has 0 spiro atoms. The van der Waals surface area contributed by atoms with Crippen molar-refractivity contribution in [3.8, 4) is 0 Å². The van der Waals surface area contributed by atoms with Crippen molar-refractivity contribution in [1.82, 2.24) is 5.32 Å². The number of carbonyl (C=O) groups is 1. The van der Waals surface area contributed by atoms with Crippen LogP contribution < -0.4 is 10.2 Å². The van der Waals surface area contributed by atoms with Gasteiger partial charge in [0.05, 0.1) is 6.04 Å². The number of carbonyl (C=O) groups excluding carboxylic acids is 1. The van der Waals surface area contributed by atoms with E-state index >= 15 is 0 Å². The first-order valence-electron chi connectivity index (χ1n) is 6.84. The number of aryl methyl sites for hydroxylation is 1. The van der Waals surface area contributed by atoms with E-state index < -0.39 is 0 Å². The van der Waals surface area contributed by atoms with Gasteiger partial charge in [-0.05, 0) is 50.4 Å². The Morgan fingerprint density at radius 2 is 2.28 bits per heavy atom. The van der Waals surface area contributed by atoms with Crippen LogP contribution in [0, 0.1) is 6.92 Å². The summed E-state index contributed by atoms with van der Waals surface area (Å²) in [6.45, 7) is 5.94. The molecule has 1 amide bonds. The van der Waals surface area contributed by atoms with Crippen LogP contribution in [0.15, 0.2) is 24.3 Å². The fraction of sp³-hybridized carbons (Fsp3) is 0.533. The van der Waals surface area contributed by atoms with Crippen molar-refractivity contribution in [1.29, 1.82) is 0 Å². The number of rotatable bonds is 4. The Bertz CT molecular complexity index is 417. The molecule has 1 N–H and O–H groups in total. The van der Waals surface area contributed by atoms with Gasteiger partial charge in [0.15, 0.2) is 0 Å². The predicted octanol–water partition coefficient (Wildman–Crippen LogP) is 2.49. The highest BCUT2D eigenvalue weighted by atomic mass is 16.2. The normalized spacial score (nSPS) is 20.2. The maximum atomic E-state index is 12.4. The molecular formula is C15H22N2O. The third-order valence-corrected chi connectivity index (χ3v) is 3.39. The highest BCUT2D eigenvalue weighted by molar-refractivity contribution is 5.97. The van der Waals surface area contributed by atoms with E-state index in [2.05, 4.69) is 31.3 Å². The Morgan fingerprint density at radius 1 is 1.44 bits per heavy atom. The highest BCUT2D eigenvalue weighted by Crippen LogP contribution is 2.21. The Labute approximate surface area is 109 Å². The van der Waals surface area contributed by atoms with Crippen LogP contribution in [-0.4, -0.2) is 25.0 Å². The van der Waals surface area contributed by atoms with E-state index in [0.29, 0.717) is 0 Å². The first-order valence-corrected chi connectivity index (χ1v) is 6.84. The van der Waals surface area contributed by atoms with E-state index in [9.17, 15) is 4.79 Å². The third kappa shape index (κ3) is 2.91. The zero-order valence-corrected chi connectivity index (χ0v) is 11.3. The summed E-state index contributed by atoms with van der Waals surface area (Å²) in [5.41, 5.74) is 2.23. The quantitative estimate of drug-likeness (QED) is 0.885. The summed E-state index contributed by atoms with van der Waals surface area (Å²) in [4.78, 5) is 14.3. The molecule has 0 aliphatic carbocycles. The minimum absolute atomic E-state index is 0.000729. The molecule has 0 bridgehead atoms. The van der Waals surface area contributed by atoms with Gasteiger partial charge in [-0.25, -0.2) is 0 Å². The van der Waals surface area contributed by atoms with Crippen molar-refractivity contribution in [3.05, 3.63) is 29.8 Å². The molecule has 1 unspecified atom stereocenters. The molecule has 1 heterocycles. The molecule has 1 fully saturated rings. The molecule has 1 saturated heterocycles. The number of hydrogen-bond donors (Lipinski definition) is 1. The summed E-state index contributed by atoms with van der Waals surface area (Å²) in [6.07, 6.45) is 3.09. The van der Waals surface area contributed by atoms with Crippen molar-refractivity contribution >= 4 is 11.6 Å². The first kappa shape index (κ1) is 13.1. The number of anilines is 1. The van der Waals surface area contributed by atoms with Crippen LogP contribution in [0.3, 0.4) is 0 Å². The van der Waals surface area contributed by atoms with Crippen molar-refractivity contribution in [3.63, 3.8) is 0 Å². The van der Waals surface area contributed by atoms with Gasteiger partial charge in [-0.1, -0.05) is 19.1 Å². The molecule has 1 aliphatic rings. The maximum absolute atomic E-state index is 12.4. The largest absolute Gasteiger partial charge is 0.311 e. The molecule has 1 atom stereocenters. The Balaban J connectivity index is 2.11. The van der Waals surface area contributed by atoms with Gasteiger partial charge in [0.1, 0.15) is 0 Å². The van der Waals surface area contributed by atoms with Gasteiger partial charge in [-0.15, -0.1) is 0 Å². The van der Waals surface area contributed by atoms with Crippen molar-refractivity contribution in [2.24, 2.45) is 0 Å². The Morgan fingerprint density at radius 3 is 3.00 bits per heavy atom. The number of nitrogens with one attached hydrogen (secondary N) is 1. The van der Waals surface area contributed by atoms with Gasteiger partial charge in [0.25, 0.3) is 0 Å². The third-order valence-electron chi connectivity index (χ3n) is 3.39. The smallest absolute Gasteiger partial charge is 0.244 e. The summed E-state index contributed by atoms with van der Waals surface area (Å²) >= 11 is 0. The molecule has 18 heavy (non-hydrogen) atoms. The topological polar surface area (TPSA) is 32.3 Å². The summed E-state index contributed by atoms with van der Waals surface area (Å²) in [7, 11) is 0. The molecule has 0 saturated carbocycles. The van der Waals surface area contributed by atoms with E-state index in [4.69, 9.17) is 0 Å². The number of hydrogen-bond acceptors (Lipinski definition) is 2. The average molecular weight is 246 g/mol. The van der Waals surface area contributed by atoms with Crippen LogP contribution in [0.25, 0.3) is 0 Å².